The molecule has 0 spiro atoms. The van der Waals surface area contributed by atoms with Gasteiger partial charge >= 0.3 is 0 Å². The molecule has 0 N–H and O–H groups in total. The first-order valence-corrected chi connectivity index (χ1v) is 3.33. The van der Waals surface area contributed by atoms with Gasteiger partial charge in [0.1, 0.15) is 11.1 Å². The smallest absolute Gasteiger partial charge is 0.178 e. The summed E-state index contributed by atoms with van der Waals surface area (Å²) in [6.07, 6.45) is 9.33. The third-order valence-corrected chi connectivity index (χ3v) is 1.55. The number of hydrogen-bond acceptors (Lipinski definition) is 0. The monoisotopic (exact) mass is 198 g/mol. The molecule has 0 radical (unpaired) electrons. The highest BCUT2D eigenvalue weighted by molar-refractivity contribution is 5.44. The van der Waals surface area contributed by atoms with Crippen LogP contribution in [0.4, 0.5) is 17.6 Å². The fourth-order valence-electron chi connectivity index (χ4n) is 0.885. The third kappa shape index (κ3) is 1.22. The zero-order valence-corrected chi connectivity index (χ0v) is 6.67. The largest absolute Gasteiger partial charge is 0.202 e. The van der Waals surface area contributed by atoms with Gasteiger partial charge in [-0.15, -0.1) is 12.8 Å². The summed E-state index contributed by atoms with van der Waals surface area (Å²) in [5.74, 6) is -3.62. The van der Waals surface area contributed by atoms with Crippen LogP contribution in [0, 0.1) is 48.0 Å². The van der Waals surface area contributed by atoms with Gasteiger partial charge in [0.2, 0.25) is 0 Å². The first-order chi connectivity index (χ1) is 6.54. The molecule has 0 aliphatic rings. The van der Waals surface area contributed by atoms with E-state index in [2.05, 4.69) is 12.8 Å². The quantitative estimate of drug-likeness (QED) is 0.340. The number of terminal acetylenes is 2. The lowest BCUT2D eigenvalue weighted by Crippen LogP contribution is -2.04. The zero-order chi connectivity index (χ0) is 10.9. The Hall–Kier alpha value is -1.94. The molecule has 0 aromatic heterocycles. The first-order valence-electron chi connectivity index (χ1n) is 3.33. The topological polar surface area (TPSA) is 0 Å². The minimum Gasteiger partial charge on any atom is -0.202 e. The summed E-state index contributed by atoms with van der Waals surface area (Å²) in [5, 5.41) is 0. The molecule has 1 aromatic rings. The van der Waals surface area contributed by atoms with Crippen molar-refractivity contribution in [3.8, 4) is 24.7 Å². The highest BCUT2D eigenvalue weighted by atomic mass is 19.2. The van der Waals surface area contributed by atoms with Crippen molar-refractivity contribution in [2.45, 2.75) is 0 Å². The van der Waals surface area contributed by atoms with Crippen LogP contribution in [-0.4, -0.2) is 0 Å². The lowest BCUT2D eigenvalue weighted by molar-refractivity contribution is 0.447. The predicted molar refractivity (Wildman–Crippen MR) is 42.1 cm³/mol. The number of hydrogen-bond donors (Lipinski definition) is 0. The van der Waals surface area contributed by atoms with Gasteiger partial charge in [0.15, 0.2) is 23.3 Å². The third-order valence-electron chi connectivity index (χ3n) is 1.55. The van der Waals surface area contributed by atoms with Crippen molar-refractivity contribution < 1.29 is 17.6 Å². The Balaban J connectivity index is 3.77. The predicted octanol–water partition coefficient (Wildman–Crippen LogP) is 2.21. The maximum absolute atomic E-state index is 12.9. The van der Waals surface area contributed by atoms with E-state index in [9.17, 15) is 17.6 Å². The van der Waals surface area contributed by atoms with Gasteiger partial charge in [0.25, 0.3) is 0 Å². The summed E-state index contributed by atoms with van der Waals surface area (Å²) >= 11 is 0. The van der Waals surface area contributed by atoms with Crippen LogP contribution in [0.15, 0.2) is 0 Å². The standard InChI is InChI=1S/C10H2F4/c1-3-5-7(11)9(13)6(4-2)10(14)8(5)12/h1-2H. The van der Waals surface area contributed by atoms with Crippen LogP contribution in [0.25, 0.3) is 0 Å². The summed E-state index contributed by atoms with van der Waals surface area (Å²) < 4.78 is 51.5. The maximum Gasteiger partial charge on any atom is 0.178 e. The molecular weight excluding hydrogens is 196 g/mol. The normalized spacial score (nSPS) is 9.29. The molecule has 14 heavy (non-hydrogen) atoms. The van der Waals surface area contributed by atoms with Crippen LogP contribution in [0.1, 0.15) is 11.1 Å². The second kappa shape index (κ2) is 3.43. The molecule has 0 saturated heterocycles. The van der Waals surface area contributed by atoms with Crippen LogP contribution in [0.2, 0.25) is 0 Å². The van der Waals surface area contributed by atoms with Crippen molar-refractivity contribution in [1.82, 2.24) is 0 Å². The van der Waals surface area contributed by atoms with Gasteiger partial charge in [-0.3, -0.25) is 0 Å². The Morgan fingerprint density at radius 3 is 1.00 bits per heavy atom. The Kier molecular flexibility index (Phi) is 2.49. The van der Waals surface area contributed by atoms with Crippen LogP contribution in [0.5, 0.6) is 0 Å². The van der Waals surface area contributed by atoms with Gasteiger partial charge in [-0.2, -0.15) is 0 Å². The van der Waals surface area contributed by atoms with E-state index in [4.69, 9.17) is 0 Å². The number of benzene rings is 1. The first kappa shape index (κ1) is 10.1. The van der Waals surface area contributed by atoms with E-state index in [0.29, 0.717) is 0 Å². The van der Waals surface area contributed by atoms with Crippen molar-refractivity contribution in [2.24, 2.45) is 0 Å². The van der Waals surface area contributed by atoms with E-state index in [-0.39, 0.29) is 0 Å². The van der Waals surface area contributed by atoms with E-state index in [0.717, 1.165) is 0 Å². The fourth-order valence-corrected chi connectivity index (χ4v) is 0.885. The average molecular weight is 198 g/mol. The van der Waals surface area contributed by atoms with E-state index < -0.39 is 34.4 Å². The molecule has 1 aromatic carbocycles. The summed E-state index contributed by atoms with van der Waals surface area (Å²) in [7, 11) is 0. The molecule has 0 bridgehead atoms. The average Bonchev–Trinajstić information content (AvgIpc) is 2.17. The summed E-state index contributed by atoms with van der Waals surface area (Å²) in [6.45, 7) is 0. The number of rotatable bonds is 0. The SMILES string of the molecule is C#Cc1c(F)c(F)c(C#C)c(F)c1F. The number of halogens is 4. The fraction of sp³-hybridized carbons (Fsp3) is 0. The molecular formula is C10H2F4. The van der Waals surface area contributed by atoms with Gasteiger partial charge in [-0.1, -0.05) is 11.8 Å². The molecule has 0 atom stereocenters. The highest BCUT2D eigenvalue weighted by Crippen LogP contribution is 2.22. The van der Waals surface area contributed by atoms with Gasteiger partial charge in [-0.25, -0.2) is 17.6 Å². The second-order valence-electron chi connectivity index (χ2n) is 2.29. The van der Waals surface area contributed by atoms with Gasteiger partial charge in [0.05, 0.1) is 0 Å². The Morgan fingerprint density at radius 2 is 0.857 bits per heavy atom. The maximum atomic E-state index is 12.9. The van der Waals surface area contributed by atoms with Gasteiger partial charge in [0, 0.05) is 0 Å². The molecule has 1 rings (SSSR count). The molecule has 0 aliphatic carbocycles. The molecule has 0 saturated carbocycles. The van der Waals surface area contributed by atoms with E-state index in [1.165, 1.54) is 11.8 Å². The van der Waals surface area contributed by atoms with Crippen LogP contribution < -0.4 is 0 Å². The molecule has 70 valence electrons. The molecule has 0 fully saturated rings. The van der Waals surface area contributed by atoms with Crippen LogP contribution in [-0.2, 0) is 0 Å². The Labute approximate surface area is 77.6 Å². The molecule has 0 aliphatic heterocycles. The van der Waals surface area contributed by atoms with Crippen LogP contribution >= 0.6 is 0 Å². The van der Waals surface area contributed by atoms with Gasteiger partial charge in [-0.05, 0) is 0 Å². The highest BCUT2D eigenvalue weighted by Gasteiger charge is 2.22. The van der Waals surface area contributed by atoms with Crippen LogP contribution in [0.3, 0.4) is 0 Å². The Bertz CT molecular complexity index is 400. The molecule has 0 heterocycles. The summed E-state index contributed by atoms with van der Waals surface area (Å²) in [4.78, 5) is 0. The minimum absolute atomic E-state index is 1.10. The van der Waals surface area contributed by atoms with E-state index >= 15 is 0 Å². The van der Waals surface area contributed by atoms with Gasteiger partial charge < -0.3 is 0 Å². The van der Waals surface area contributed by atoms with Crippen molar-refractivity contribution in [2.75, 3.05) is 0 Å². The molecule has 0 nitrogen and oxygen atoms in total. The van der Waals surface area contributed by atoms with E-state index in [1.807, 2.05) is 0 Å². The summed E-state index contributed by atoms with van der Waals surface area (Å²) in [5.41, 5.74) is -2.20. The molecule has 4 heteroatoms. The second-order valence-corrected chi connectivity index (χ2v) is 2.29. The van der Waals surface area contributed by atoms with Crippen molar-refractivity contribution >= 4 is 0 Å². The van der Waals surface area contributed by atoms with Crippen molar-refractivity contribution in [1.29, 1.82) is 0 Å². The van der Waals surface area contributed by atoms with Crippen molar-refractivity contribution in [3.63, 3.8) is 0 Å². The molecule has 0 amide bonds. The molecule has 0 unspecified atom stereocenters. The lowest BCUT2D eigenvalue weighted by atomic mass is 10.1. The zero-order valence-electron chi connectivity index (χ0n) is 6.67. The minimum atomic E-state index is -1.65. The Morgan fingerprint density at radius 1 is 0.643 bits per heavy atom. The van der Waals surface area contributed by atoms with Crippen molar-refractivity contribution in [3.05, 3.63) is 34.4 Å². The summed E-state index contributed by atoms with van der Waals surface area (Å²) in [6, 6.07) is 0. The van der Waals surface area contributed by atoms with E-state index in [1.54, 1.807) is 0 Å². The lowest BCUT2D eigenvalue weighted by Gasteiger charge is -2.03.